The van der Waals surface area contributed by atoms with Crippen LogP contribution >= 0.6 is 0 Å². The molecule has 0 unspecified atom stereocenters. The van der Waals surface area contributed by atoms with Gasteiger partial charge in [0.1, 0.15) is 0 Å². The maximum atomic E-state index is 13.4. The zero-order valence-corrected chi connectivity index (χ0v) is 9.36. The fourth-order valence-electron chi connectivity index (χ4n) is 1.35. The van der Waals surface area contributed by atoms with Crippen LogP contribution in [0.1, 0.15) is 18.5 Å². The molecule has 0 bridgehead atoms. The fourth-order valence-corrected chi connectivity index (χ4v) is 1.35. The first-order chi connectivity index (χ1) is 7.95. The predicted octanol–water partition coefficient (Wildman–Crippen LogP) is 1.10. The number of carboxylic acids is 1. The van der Waals surface area contributed by atoms with Crippen molar-refractivity contribution in [2.45, 2.75) is 13.0 Å². The van der Waals surface area contributed by atoms with Crippen molar-refractivity contribution in [3.63, 3.8) is 0 Å². The molecule has 2 N–H and O–H groups in total. The highest BCUT2D eigenvalue weighted by Crippen LogP contribution is 2.22. The lowest BCUT2D eigenvalue weighted by molar-refractivity contribution is -0.141. The molecule has 1 aromatic rings. The highest BCUT2D eigenvalue weighted by Gasteiger charge is 2.21. The molecule has 0 aliphatic rings. The second-order valence-corrected chi connectivity index (χ2v) is 3.37. The minimum absolute atomic E-state index is 0.0145. The Labute approximate surface area is 97.2 Å². The zero-order chi connectivity index (χ0) is 13.0. The van der Waals surface area contributed by atoms with Crippen molar-refractivity contribution in [1.82, 2.24) is 5.32 Å². The molecular formula is C11H12FNO4. The predicted molar refractivity (Wildman–Crippen MR) is 57.1 cm³/mol. The standard InChI is InChI=1S/C11H12FNO4/c1-6(14)13-10(11(15)16)7-3-4-9(17-2)8(12)5-7/h3-5,10H,1-2H3,(H,13,14)(H,15,16)/t10-/m0/s1. The maximum absolute atomic E-state index is 13.4. The molecule has 0 radical (unpaired) electrons. The van der Waals surface area contributed by atoms with E-state index in [0.717, 1.165) is 6.07 Å². The van der Waals surface area contributed by atoms with Gasteiger partial charge in [0.2, 0.25) is 5.91 Å². The molecule has 0 saturated carbocycles. The first-order valence-corrected chi connectivity index (χ1v) is 4.79. The van der Waals surface area contributed by atoms with E-state index in [1.54, 1.807) is 0 Å². The highest BCUT2D eigenvalue weighted by molar-refractivity contribution is 5.83. The van der Waals surface area contributed by atoms with Gasteiger partial charge in [-0.25, -0.2) is 9.18 Å². The van der Waals surface area contributed by atoms with Crippen LogP contribution in [0.15, 0.2) is 18.2 Å². The smallest absolute Gasteiger partial charge is 0.330 e. The van der Waals surface area contributed by atoms with Gasteiger partial charge in [-0.15, -0.1) is 0 Å². The van der Waals surface area contributed by atoms with Crippen LogP contribution in [-0.4, -0.2) is 24.1 Å². The second-order valence-electron chi connectivity index (χ2n) is 3.37. The Morgan fingerprint density at radius 3 is 2.53 bits per heavy atom. The van der Waals surface area contributed by atoms with Crippen LogP contribution in [0.2, 0.25) is 0 Å². The number of carbonyl (C=O) groups is 2. The van der Waals surface area contributed by atoms with Crippen LogP contribution in [0.3, 0.4) is 0 Å². The largest absolute Gasteiger partial charge is 0.494 e. The van der Waals surface area contributed by atoms with Crippen LogP contribution in [-0.2, 0) is 9.59 Å². The van der Waals surface area contributed by atoms with E-state index < -0.39 is 23.7 Å². The highest BCUT2D eigenvalue weighted by atomic mass is 19.1. The van der Waals surface area contributed by atoms with Crippen molar-refractivity contribution >= 4 is 11.9 Å². The minimum Gasteiger partial charge on any atom is -0.494 e. The summed E-state index contributed by atoms with van der Waals surface area (Å²) in [5, 5.41) is 11.1. The molecular weight excluding hydrogens is 229 g/mol. The quantitative estimate of drug-likeness (QED) is 0.827. The van der Waals surface area contributed by atoms with Crippen molar-refractivity contribution in [3.05, 3.63) is 29.6 Å². The van der Waals surface area contributed by atoms with Crippen molar-refractivity contribution in [3.8, 4) is 5.75 Å². The molecule has 5 nitrogen and oxygen atoms in total. The summed E-state index contributed by atoms with van der Waals surface area (Å²) in [5.41, 5.74) is 0.144. The van der Waals surface area contributed by atoms with E-state index >= 15 is 0 Å². The van der Waals surface area contributed by atoms with E-state index in [0.29, 0.717) is 0 Å². The summed E-state index contributed by atoms with van der Waals surface area (Å²) in [6.07, 6.45) is 0. The fraction of sp³-hybridized carbons (Fsp3) is 0.273. The molecule has 92 valence electrons. The Morgan fingerprint density at radius 2 is 2.12 bits per heavy atom. The van der Waals surface area contributed by atoms with E-state index in [1.807, 2.05) is 0 Å². The average Bonchev–Trinajstić information content (AvgIpc) is 2.25. The number of aliphatic carboxylic acids is 1. The van der Waals surface area contributed by atoms with E-state index in [1.165, 1.54) is 26.2 Å². The Morgan fingerprint density at radius 1 is 1.47 bits per heavy atom. The molecule has 1 rings (SSSR count). The third kappa shape index (κ3) is 3.17. The molecule has 17 heavy (non-hydrogen) atoms. The number of hydrogen-bond acceptors (Lipinski definition) is 3. The molecule has 1 atom stereocenters. The molecule has 0 fully saturated rings. The monoisotopic (exact) mass is 241 g/mol. The molecule has 0 spiro atoms. The number of carboxylic acid groups (broad SMARTS) is 1. The van der Waals surface area contributed by atoms with Gasteiger partial charge in [0.15, 0.2) is 17.6 Å². The Balaban J connectivity index is 3.06. The van der Waals surface area contributed by atoms with Gasteiger partial charge < -0.3 is 15.2 Å². The number of rotatable bonds is 4. The molecule has 0 heterocycles. The number of benzene rings is 1. The van der Waals surface area contributed by atoms with Crippen LogP contribution in [0.25, 0.3) is 0 Å². The van der Waals surface area contributed by atoms with Gasteiger partial charge in [-0.1, -0.05) is 6.07 Å². The summed E-state index contributed by atoms with van der Waals surface area (Å²) in [6.45, 7) is 1.19. The molecule has 0 aromatic heterocycles. The minimum atomic E-state index is -1.27. The lowest BCUT2D eigenvalue weighted by Gasteiger charge is -2.14. The summed E-state index contributed by atoms with van der Waals surface area (Å²) < 4.78 is 18.1. The Hall–Kier alpha value is -2.11. The number of methoxy groups -OCH3 is 1. The third-order valence-corrected chi connectivity index (χ3v) is 2.10. The van der Waals surface area contributed by atoms with Gasteiger partial charge in [0.05, 0.1) is 7.11 Å². The second kappa shape index (κ2) is 5.29. The average molecular weight is 241 g/mol. The summed E-state index contributed by atoms with van der Waals surface area (Å²) in [4.78, 5) is 21.8. The summed E-state index contributed by atoms with van der Waals surface area (Å²) >= 11 is 0. The van der Waals surface area contributed by atoms with E-state index in [-0.39, 0.29) is 11.3 Å². The molecule has 1 aromatic carbocycles. The van der Waals surface area contributed by atoms with Gasteiger partial charge in [-0.2, -0.15) is 0 Å². The number of nitrogens with one attached hydrogen (secondary N) is 1. The van der Waals surface area contributed by atoms with E-state index in [4.69, 9.17) is 9.84 Å². The van der Waals surface area contributed by atoms with Gasteiger partial charge in [-0.05, 0) is 17.7 Å². The van der Waals surface area contributed by atoms with Gasteiger partial charge >= 0.3 is 5.97 Å². The molecule has 1 amide bonds. The number of halogens is 1. The summed E-state index contributed by atoms with van der Waals surface area (Å²) in [7, 11) is 1.31. The number of amides is 1. The first-order valence-electron chi connectivity index (χ1n) is 4.79. The van der Waals surface area contributed by atoms with Crippen molar-refractivity contribution in [2.24, 2.45) is 0 Å². The van der Waals surface area contributed by atoms with E-state index in [2.05, 4.69) is 5.32 Å². The van der Waals surface area contributed by atoms with Crippen LogP contribution < -0.4 is 10.1 Å². The van der Waals surface area contributed by atoms with Crippen molar-refractivity contribution in [2.75, 3.05) is 7.11 Å². The normalized spacial score (nSPS) is 11.7. The third-order valence-electron chi connectivity index (χ3n) is 2.10. The number of hydrogen-bond donors (Lipinski definition) is 2. The number of ether oxygens (including phenoxy) is 1. The zero-order valence-electron chi connectivity index (χ0n) is 9.36. The van der Waals surface area contributed by atoms with Crippen LogP contribution in [0.4, 0.5) is 4.39 Å². The van der Waals surface area contributed by atoms with Crippen molar-refractivity contribution < 1.29 is 23.8 Å². The van der Waals surface area contributed by atoms with Gasteiger partial charge in [-0.3, -0.25) is 4.79 Å². The SMILES string of the molecule is COc1ccc([C@H](NC(C)=O)C(=O)O)cc1F. The number of carbonyl (C=O) groups excluding carboxylic acids is 1. The Bertz CT molecular complexity index is 447. The lowest BCUT2D eigenvalue weighted by Crippen LogP contribution is -2.32. The topological polar surface area (TPSA) is 75.6 Å². The van der Waals surface area contributed by atoms with Crippen molar-refractivity contribution in [1.29, 1.82) is 0 Å². The first kappa shape index (κ1) is 13.0. The summed E-state index contributed by atoms with van der Waals surface area (Å²) in [5.74, 6) is -2.43. The lowest BCUT2D eigenvalue weighted by atomic mass is 10.1. The van der Waals surface area contributed by atoms with Gasteiger partial charge in [0, 0.05) is 6.92 Å². The molecule has 0 aliphatic carbocycles. The van der Waals surface area contributed by atoms with E-state index in [9.17, 15) is 14.0 Å². The Kier molecular flexibility index (Phi) is 4.03. The molecule has 0 saturated heterocycles. The van der Waals surface area contributed by atoms with Gasteiger partial charge in [0.25, 0.3) is 0 Å². The molecule has 0 aliphatic heterocycles. The van der Waals surface area contributed by atoms with Crippen LogP contribution in [0.5, 0.6) is 5.75 Å². The molecule has 6 heteroatoms. The summed E-state index contributed by atoms with van der Waals surface area (Å²) in [6, 6.07) is 2.44. The van der Waals surface area contributed by atoms with Crippen LogP contribution in [0, 0.1) is 5.82 Å². The maximum Gasteiger partial charge on any atom is 0.330 e.